The standard InChI is InChI=1S/C16H18FN5O/c1-11-6-15(22-4-2-3-5-22)21-14(20-11)10-19-16(23)12-7-13(17)9-18-8-12/h6-9H,2-5,10H2,1H3,(H,19,23). The molecule has 120 valence electrons. The Hall–Kier alpha value is -2.57. The molecule has 0 aliphatic carbocycles. The van der Waals surface area contributed by atoms with Crippen LogP contribution < -0.4 is 10.2 Å². The highest BCUT2D eigenvalue weighted by Crippen LogP contribution is 2.18. The van der Waals surface area contributed by atoms with E-state index in [0.29, 0.717) is 5.82 Å². The predicted molar refractivity (Wildman–Crippen MR) is 83.6 cm³/mol. The quantitative estimate of drug-likeness (QED) is 0.932. The van der Waals surface area contributed by atoms with Gasteiger partial charge in [-0.15, -0.1) is 0 Å². The maximum Gasteiger partial charge on any atom is 0.253 e. The zero-order chi connectivity index (χ0) is 16.2. The number of halogens is 1. The van der Waals surface area contributed by atoms with Gasteiger partial charge in [0, 0.05) is 31.0 Å². The van der Waals surface area contributed by atoms with Gasteiger partial charge in [-0.05, 0) is 25.8 Å². The van der Waals surface area contributed by atoms with Crippen LogP contribution in [0.25, 0.3) is 0 Å². The number of pyridine rings is 1. The first-order chi connectivity index (χ1) is 11.1. The van der Waals surface area contributed by atoms with Crippen LogP contribution in [-0.2, 0) is 6.54 Å². The molecule has 0 unspecified atom stereocenters. The van der Waals surface area contributed by atoms with Crippen LogP contribution in [0.5, 0.6) is 0 Å². The van der Waals surface area contributed by atoms with E-state index >= 15 is 0 Å². The largest absolute Gasteiger partial charge is 0.357 e. The van der Waals surface area contributed by atoms with Gasteiger partial charge in [0.15, 0.2) is 0 Å². The average Bonchev–Trinajstić information content (AvgIpc) is 3.06. The molecule has 0 aromatic carbocycles. The number of anilines is 1. The van der Waals surface area contributed by atoms with Gasteiger partial charge in [-0.1, -0.05) is 0 Å². The number of aromatic nitrogens is 3. The molecule has 2 aromatic heterocycles. The van der Waals surface area contributed by atoms with Gasteiger partial charge in [0.2, 0.25) is 0 Å². The van der Waals surface area contributed by atoms with Gasteiger partial charge < -0.3 is 10.2 Å². The fourth-order valence-corrected chi connectivity index (χ4v) is 2.60. The summed E-state index contributed by atoms with van der Waals surface area (Å²) in [5.41, 5.74) is 1.04. The van der Waals surface area contributed by atoms with Gasteiger partial charge in [0.25, 0.3) is 5.91 Å². The van der Waals surface area contributed by atoms with E-state index < -0.39 is 11.7 Å². The van der Waals surface area contributed by atoms with Gasteiger partial charge >= 0.3 is 0 Å². The third kappa shape index (κ3) is 3.80. The monoisotopic (exact) mass is 315 g/mol. The van der Waals surface area contributed by atoms with Crippen LogP contribution in [0.2, 0.25) is 0 Å². The molecule has 0 bridgehead atoms. The lowest BCUT2D eigenvalue weighted by Gasteiger charge is -2.17. The molecule has 1 amide bonds. The minimum Gasteiger partial charge on any atom is -0.357 e. The van der Waals surface area contributed by atoms with E-state index in [2.05, 4.69) is 25.2 Å². The SMILES string of the molecule is Cc1cc(N2CCCC2)nc(CNC(=O)c2cncc(F)c2)n1. The van der Waals surface area contributed by atoms with Crippen molar-refractivity contribution in [3.63, 3.8) is 0 Å². The molecule has 1 aliphatic rings. The van der Waals surface area contributed by atoms with Crippen LogP contribution in [0.3, 0.4) is 0 Å². The lowest BCUT2D eigenvalue weighted by molar-refractivity contribution is 0.0949. The van der Waals surface area contributed by atoms with Crippen molar-refractivity contribution in [3.8, 4) is 0 Å². The Bertz CT molecular complexity index is 715. The highest BCUT2D eigenvalue weighted by molar-refractivity contribution is 5.93. The number of nitrogens with one attached hydrogen (secondary N) is 1. The molecule has 2 aromatic rings. The predicted octanol–water partition coefficient (Wildman–Crippen LogP) is 1.85. The van der Waals surface area contributed by atoms with Crippen molar-refractivity contribution in [2.24, 2.45) is 0 Å². The van der Waals surface area contributed by atoms with Crippen LogP contribution in [0.4, 0.5) is 10.2 Å². The normalized spacial score (nSPS) is 14.1. The molecule has 0 saturated carbocycles. The Labute approximate surface area is 133 Å². The number of rotatable bonds is 4. The summed E-state index contributed by atoms with van der Waals surface area (Å²) in [5.74, 6) is 0.502. The summed E-state index contributed by atoms with van der Waals surface area (Å²) in [5, 5.41) is 2.70. The molecular weight excluding hydrogens is 297 g/mol. The molecule has 23 heavy (non-hydrogen) atoms. The zero-order valence-electron chi connectivity index (χ0n) is 12.9. The van der Waals surface area contributed by atoms with E-state index in [1.165, 1.54) is 19.0 Å². The van der Waals surface area contributed by atoms with Gasteiger partial charge in [-0.3, -0.25) is 9.78 Å². The molecule has 1 saturated heterocycles. The lowest BCUT2D eigenvalue weighted by Crippen LogP contribution is -2.25. The molecular formula is C16H18FN5O. The van der Waals surface area contributed by atoms with Crippen molar-refractivity contribution in [2.75, 3.05) is 18.0 Å². The third-order valence-electron chi connectivity index (χ3n) is 3.69. The minimum atomic E-state index is -0.541. The van der Waals surface area contributed by atoms with Crippen molar-refractivity contribution >= 4 is 11.7 Å². The summed E-state index contributed by atoms with van der Waals surface area (Å²) in [6.45, 7) is 4.09. The number of amides is 1. The van der Waals surface area contributed by atoms with E-state index in [0.717, 1.165) is 36.9 Å². The summed E-state index contributed by atoms with van der Waals surface area (Å²) < 4.78 is 13.1. The minimum absolute atomic E-state index is 0.178. The van der Waals surface area contributed by atoms with Crippen molar-refractivity contribution in [3.05, 3.63) is 47.4 Å². The number of hydrogen-bond donors (Lipinski definition) is 1. The van der Waals surface area contributed by atoms with Crippen LogP contribution in [0.1, 0.15) is 34.7 Å². The molecule has 7 heteroatoms. The second kappa shape index (κ2) is 6.68. The Kier molecular flexibility index (Phi) is 4.45. The molecule has 3 heterocycles. The van der Waals surface area contributed by atoms with Crippen molar-refractivity contribution in [1.29, 1.82) is 0 Å². The lowest BCUT2D eigenvalue weighted by atomic mass is 10.2. The van der Waals surface area contributed by atoms with Gasteiger partial charge in [0.05, 0.1) is 18.3 Å². The molecule has 1 fully saturated rings. The first-order valence-electron chi connectivity index (χ1n) is 7.60. The Balaban J connectivity index is 1.69. The van der Waals surface area contributed by atoms with Crippen LogP contribution in [0, 0.1) is 12.7 Å². The number of nitrogens with zero attached hydrogens (tertiary/aromatic N) is 4. The van der Waals surface area contributed by atoms with E-state index in [4.69, 9.17) is 0 Å². The van der Waals surface area contributed by atoms with Gasteiger partial charge in [0.1, 0.15) is 17.5 Å². The summed E-state index contributed by atoms with van der Waals surface area (Å²) >= 11 is 0. The molecule has 6 nitrogen and oxygen atoms in total. The maximum absolute atomic E-state index is 13.1. The van der Waals surface area contributed by atoms with Crippen molar-refractivity contribution in [1.82, 2.24) is 20.3 Å². The Morgan fingerprint density at radius 2 is 2.04 bits per heavy atom. The highest BCUT2D eigenvalue weighted by atomic mass is 19.1. The highest BCUT2D eigenvalue weighted by Gasteiger charge is 2.15. The Morgan fingerprint density at radius 3 is 2.78 bits per heavy atom. The summed E-state index contributed by atoms with van der Waals surface area (Å²) in [6.07, 6.45) is 4.72. The third-order valence-corrected chi connectivity index (χ3v) is 3.69. The fraction of sp³-hybridized carbons (Fsp3) is 0.375. The smallest absolute Gasteiger partial charge is 0.253 e. The Morgan fingerprint density at radius 1 is 1.26 bits per heavy atom. The van der Waals surface area contributed by atoms with Crippen LogP contribution >= 0.6 is 0 Å². The zero-order valence-corrected chi connectivity index (χ0v) is 12.9. The molecule has 0 spiro atoms. The van der Waals surface area contributed by atoms with E-state index in [1.807, 2.05) is 13.0 Å². The first kappa shape index (κ1) is 15.3. The summed E-state index contributed by atoms with van der Waals surface area (Å²) in [4.78, 5) is 26.8. The molecule has 0 radical (unpaired) electrons. The number of aryl methyl sites for hydroxylation is 1. The van der Waals surface area contributed by atoms with Gasteiger partial charge in [-0.25, -0.2) is 14.4 Å². The van der Waals surface area contributed by atoms with E-state index in [9.17, 15) is 9.18 Å². The summed E-state index contributed by atoms with van der Waals surface area (Å²) in [7, 11) is 0. The second-order valence-corrected chi connectivity index (χ2v) is 5.55. The van der Waals surface area contributed by atoms with Crippen LogP contribution in [-0.4, -0.2) is 33.9 Å². The molecule has 1 N–H and O–H groups in total. The molecule has 0 atom stereocenters. The molecule has 1 aliphatic heterocycles. The van der Waals surface area contributed by atoms with Crippen LogP contribution in [0.15, 0.2) is 24.5 Å². The van der Waals surface area contributed by atoms with E-state index in [1.54, 1.807) is 0 Å². The first-order valence-corrected chi connectivity index (χ1v) is 7.60. The van der Waals surface area contributed by atoms with Gasteiger partial charge in [-0.2, -0.15) is 0 Å². The fourth-order valence-electron chi connectivity index (χ4n) is 2.60. The van der Waals surface area contributed by atoms with Crippen molar-refractivity contribution < 1.29 is 9.18 Å². The average molecular weight is 315 g/mol. The number of carbonyl (C=O) groups is 1. The van der Waals surface area contributed by atoms with E-state index in [-0.39, 0.29) is 12.1 Å². The number of hydrogen-bond acceptors (Lipinski definition) is 5. The maximum atomic E-state index is 13.1. The topological polar surface area (TPSA) is 71.0 Å². The summed E-state index contributed by atoms with van der Waals surface area (Å²) in [6, 6.07) is 3.10. The molecule has 3 rings (SSSR count). The van der Waals surface area contributed by atoms with Crippen molar-refractivity contribution in [2.45, 2.75) is 26.3 Å². The number of carbonyl (C=O) groups excluding carboxylic acids is 1. The second-order valence-electron chi connectivity index (χ2n) is 5.55.